The highest BCUT2D eigenvalue weighted by Gasteiger charge is 2.24. The van der Waals surface area contributed by atoms with Crippen LogP contribution in [-0.4, -0.2) is 41.2 Å². The van der Waals surface area contributed by atoms with Crippen LogP contribution in [0.15, 0.2) is 56.3 Å². The predicted molar refractivity (Wildman–Crippen MR) is 145 cm³/mol. The van der Waals surface area contributed by atoms with Crippen LogP contribution in [0.3, 0.4) is 0 Å². The number of nitrogens with one attached hydrogen (secondary N) is 2. The predicted octanol–water partition coefficient (Wildman–Crippen LogP) is 3.63. The Kier molecular flexibility index (Phi) is 8.21. The lowest BCUT2D eigenvalue weighted by molar-refractivity contribution is -0.138. The zero-order valence-electron chi connectivity index (χ0n) is 21.3. The van der Waals surface area contributed by atoms with E-state index >= 15 is 0 Å². The number of carboxylic acid groups (broad SMARTS) is 1. The number of aliphatic carboxylic acids is 1. The van der Waals surface area contributed by atoms with Crippen molar-refractivity contribution < 1.29 is 28.3 Å². The van der Waals surface area contributed by atoms with Crippen LogP contribution in [-0.2, 0) is 26.6 Å². The number of carboxylic acids is 1. The highest BCUT2D eigenvalue weighted by atomic mass is 32.2. The molecular formula is C28H28N2O7S. The van der Waals surface area contributed by atoms with E-state index in [4.69, 9.17) is 13.9 Å². The Morgan fingerprint density at radius 1 is 1.05 bits per heavy atom. The van der Waals surface area contributed by atoms with Crippen molar-refractivity contribution in [1.29, 1.82) is 0 Å². The van der Waals surface area contributed by atoms with Crippen molar-refractivity contribution in [3.8, 4) is 0 Å². The van der Waals surface area contributed by atoms with Crippen LogP contribution in [0.2, 0.25) is 0 Å². The number of aryl methyl sites for hydroxylation is 3. The number of furan rings is 1. The molecule has 4 rings (SSSR count). The average Bonchev–Trinajstić information content (AvgIpc) is 3.26. The number of hydrogen-bond donors (Lipinski definition) is 3. The summed E-state index contributed by atoms with van der Waals surface area (Å²) in [5.74, 6) is -1.56. The molecule has 0 spiro atoms. The summed E-state index contributed by atoms with van der Waals surface area (Å²) >= 11 is 1.42. The van der Waals surface area contributed by atoms with E-state index in [2.05, 4.69) is 10.6 Å². The molecule has 0 fully saturated rings. The van der Waals surface area contributed by atoms with E-state index in [1.165, 1.54) is 11.8 Å². The van der Waals surface area contributed by atoms with Gasteiger partial charge in [0.05, 0.1) is 23.6 Å². The number of thioether (sulfide) groups is 1. The Morgan fingerprint density at radius 3 is 2.50 bits per heavy atom. The van der Waals surface area contributed by atoms with E-state index in [0.717, 1.165) is 22.1 Å². The lowest BCUT2D eigenvalue weighted by atomic mass is 9.98. The third kappa shape index (κ3) is 5.91. The van der Waals surface area contributed by atoms with Gasteiger partial charge in [0.2, 0.25) is 11.8 Å². The number of carbonyl (C=O) groups excluding carboxylic acids is 2. The zero-order valence-corrected chi connectivity index (χ0v) is 22.1. The third-order valence-corrected chi connectivity index (χ3v) is 7.37. The van der Waals surface area contributed by atoms with Gasteiger partial charge in [-0.3, -0.25) is 14.4 Å². The van der Waals surface area contributed by atoms with Crippen molar-refractivity contribution in [3.63, 3.8) is 0 Å². The normalized spacial score (nSPS) is 12.0. The van der Waals surface area contributed by atoms with E-state index in [1.807, 2.05) is 44.2 Å². The molecule has 0 radical (unpaired) electrons. The molecule has 0 bridgehead atoms. The monoisotopic (exact) mass is 536 g/mol. The van der Waals surface area contributed by atoms with E-state index in [9.17, 15) is 19.2 Å². The zero-order chi connectivity index (χ0) is 27.4. The average molecular weight is 537 g/mol. The summed E-state index contributed by atoms with van der Waals surface area (Å²) in [4.78, 5) is 49.5. The van der Waals surface area contributed by atoms with Crippen molar-refractivity contribution in [2.24, 2.45) is 0 Å². The first-order valence-corrected chi connectivity index (χ1v) is 13.2. The molecule has 38 heavy (non-hydrogen) atoms. The van der Waals surface area contributed by atoms with Crippen molar-refractivity contribution in [2.45, 2.75) is 39.0 Å². The Hall–Kier alpha value is -4.05. The molecule has 10 heteroatoms. The molecule has 0 unspecified atom stereocenters. The highest BCUT2D eigenvalue weighted by molar-refractivity contribution is 7.98. The Labute approximate surface area is 222 Å². The first kappa shape index (κ1) is 27.0. The second kappa shape index (κ2) is 11.6. The van der Waals surface area contributed by atoms with E-state index in [-0.39, 0.29) is 17.7 Å². The number of benzene rings is 2. The number of hydrogen-bond acceptors (Lipinski definition) is 7. The standard InChI is InChI=1S/C28H28N2O7S/c1-15-9-21-25(26-24(15)16(2)12-36-26)17(3)19(28(35)37-21)10-22(31)30-20(27(34)29-11-23(32)33)14-38-13-18-7-5-4-6-8-18/h4-9,12,20H,10-11,13-14H2,1-3H3,(H,29,34)(H,30,31)(H,32,33)/t20-/m1/s1. The van der Waals surface area contributed by atoms with Gasteiger partial charge in [0, 0.05) is 16.9 Å². The SMILES string of the molecule is Cc1coc2c1c(C)cc1oc(=O)c(CC(=O)N[C@H](CSCc3ccccc3)C(=O)NCC(=O)O)c(C)c12. The Balaban J connectivity index is 1.56. The van der Waals surface area contributed by atoms with Crippen molar-refractivity contribution in [2.75, 3.05) is 12.3 Å². The fourth-order valence-corrected chi connectivity index (χ4v) is 5.44. The van der Waals surface area contributed by atoms with Gasteiger partial charge in [-0.1, -0.05) is 30.3 Å². The summed E-state index contributed by atoms with van der Waals surface area (Å²) in [6, 6.07) is 10.4. The van der Waals surface area contributed by atoms with Crippen LogP contribution in [0, 0.1) is 20.8 Å². The van der Waals surface area contributed by atoms with Crippen molar-refractivity contribution >= 4 is 51.5 Å². The minimum atomic E-state index is -1.19. The smallest absolute Gasteiger partial charge is 0.340 e. The van der Waals surface area contributed by atoms with Crippen LogP contribution >= 0.6 is 11.8 Å². The summed E-state index contributed by atoms with van der Waals surface area (Å²) in [5, 5.41) is 15.4. The minimum absolute atomic E-state index is 0.163. The molecule has 9 nitrogen and oxygen atoms in total. The first-order valence-electron chi connectivity index (χ1n) is 12.0. The highest BCUT2D eigenvalue weighted by Crippen LogP contribution is 2.34. The lowest BCUT2D eigenvalue weighted by Gasteiger charge is -2.18. The maximum Gasteiger partial charge on any atom is 0.340 e. The van der Waals surface area contributed by atoms with Gasteiger partial charge in [-0.15, -0.1) is 0 Å². The first-order chi connectivity index (χ1) is 18.2. The maximum atomic E-state index is 13.0. The van der Waals surface area contributed by atoms with Gasteiger partial charge in [0.1, 0.15) is 23.8 Å². The molecule has 0 aliphatic heterocycles. The van der Waals surface area contributed by atoms with E-state index < -0.39 is 36.0 Å². The second-order valence-electron chi connectivity index (χ2n) is 9.09. The molecule has 2 heterocycles. The quantitative estimate of drug-likeness (QED) is 0.261. The molecule has 3 N–H and O–H groups in total. The number of fused-ring (bicyclic) bond motifs is 3. The van der Waals surface area contributed by atoms with Crippen LogP contribution < -0.4 is 16.3 Å². The van der Waals surface area contributed by atoms with Crippen molar-refractivity contribution in [3.05, 3.63) is 80.9 Å². The Bertz CT molecular complexity index is 1570. The molecule has 2 aromatic heterocycles. The summed E-state index contributed by atoms with van der Waals surface area (Å²) in [7, 11) is 0. The van der Waals surface area contributed by atoms with E-state index in [0.29, 0.717) is 27.9 Å². The summed E-state index contributed by atoms with van der Waals surface area (Å²) < 4.78 is 11.3. The molecule has 198 valence electrons. The fraction of sp³-hybridized carbons (Fsp3) is 0.286. The van der Waals surface area contributed by atoms with Gasteiger partial charge in [0.15, 0.2) is 0 Å². The molecule has 2 amide bonds. The van der Waals surface area contributed by atoms with Gasteiger partial charge < -0.3 is 24.6 Å². The van der Waals surface area contributed by atoms with Gasteiger partial charge in [-0.05, 0) is 49.1 Å². The largest absolute Gasteiger partial charge is 0.480 e. The molecule has 0 saturated carbocycles. The van der Waals surface area contributed by atoms with Crippen LogP contribution in [0.1, 0.15) is 27.8 Å². The topological polar surface area (TPSA) is 139 Å². The molecule has 4 aromatic rings. The third-order valence-electron chi connectivity index (χ3n) is 6.27. The molecule has 2 aromatic carbocycles. The molecule has 0 aliphatic carbocycles. The summed E-state index contributed by atoms with van der Waals surface area (Å²) in [5.41, 5.74) is 3.96. The maximum absolute atomic E-state index is 13.0. The number of carbonyl (C=O) groups is 3. The number of amides is 2. The van der Waals surface area contributed by atoms with Crippen LogP contribution in [0.4, 0.5) is 0 Å². The van der Waals surface area contributed by atoms with Gasteiger partial charge in [-0.2, -0.15) is 11.8 Å². The van der Waals surface area contributed by atoms with Crippen LogP contribution in [0.25, 0.3) is 21.9 Å². The molecule has 1 atom stereocenters. The Morgan fingerprint density at radius 2 is 1.79 bits per heavy atom. The van der Waals surface area contributed by atoms with E-state index in [1.54, 1.807) is 19.3 Å². The van der Waals surface area contributed by atoms with Crippen molar-refractivity contribution in [1.82, 2.24) is 10.6 Å². The fourth-order valence-electron chi connectivity index (χ4n) is 4.42. The number of rotatable bonds is 10. The van der Waals surface area contributed by atoms with Gasteiger partial charge in [0.25, 0.3) is 0 Å². The summed E-state index contributed by atoms with van der Waals surface area (Å²) in [6.07, 6.45) is 1.33. The van der Waals surface area contributed by atoms with Gasteiger partial charge in [-0.25, -0.2) is 4.79 Å². The molecule has 0 saturated heterocycles. The minimum Gasteiger partial charge on any atom is -0.480 e. The van der Waals surface area contributed by atoms with Crippen LogP contribution in [0.5, 0.6) is 0 Å². The molecular weight excluding hydrogens is 508 g/mol. The molecule has 0 aliphatic rings. The lowest BCUT2D eigenvalue weighted by Crippen LogP contribution is -2.50. The second-order valence-corrected chi connectivity index (χ2v) is 10.1. The van der Waals surface area contributed by atoms with Gasteiger partial charge >= 0.3 is 11.6 Å². The summed E-state index contributed by atoms with van der Waals surface area (Å²) in [6.45, 7) is 5.01.